The van der Waals surface area contributed by atoms with E-state index in [1.807, 2.05) is 13.8 Å². The maximum absolute atomic E-state index is 12.0. The Morgan fingerprint density at radius 3 is 2.86 bits per heavy atom. The van der Waals surface area contributed by atoms with E-state index in [0.29, 0.717) is 18.6 Å². The van der Waals surface area contributed by atoms with Gasteiger partial charge in [-0.15, -0.1) is 5.10 Å². The summed E-state index contributed by atoms with van der Waals surface area (Å²) in [5.41, 5.74) is -0.0137. The summed E-state index contributed by atoms with van der Waals surface area (Å²) in [5, 5.41) is 15.8. The minimum Gasteiger partial charge on any atom is -0.396 e. The normalized spacial score (nSPS) is 11.8. The van der Waals surface area contributed by atoms with Crippen LogP contribution in [0.1, 0.15) is 20.3 Å². The van der Waals surface area contributed by atoms with Crippen LogP contribution in [0.4, 0.5) is 0 Å². The minimum absolute atomic E-state index is 0.0781. The molecule has 0 saturated carbocycles. The summed E-state index contributed by atoms with van der Waals surface area (Å²) in [4.78, 5) is 23.9. The van der Waals surface area contributed by atoms with Gasteiger partial charge >= 0.3 is 5.69 Å². The average Bonchev–Trinajstić information content (AvgIpc) is 2.74. The molecule has 2 aromatic rings. The largest absolute Gasteiger partial charge is 0.396 e. The number of pyridine rings is 1. The molecule has 0 spiro atoms. The van der Waals surface area contributed by atoms with Gasteiger partial charge in [0.15, 0.2) is 5.65 Å². The molecule has 7 heteroatoms. The van der Waals surface area contributed by atoms with Crippen molar-refractivity contribution in [1.29, 1.82) is 0 Å². The number of nitrogens with one attached hydrogen (secondary N) is 1. The summed E-state index contributed by atoms with van der Waals surface area (Å²) in [7, 11) is 0. The van der Waals surface area contributed by atoms with Crippen LogP contribution in [0.15, 0.2) is 29.2 Å². The molecule has 2 rings (SSSR count). The molecule has 7 nitrogen and oxygen atoms in total. The first-order valence-electron chi connectivity index (χ1n) is 6.85. The molecule has 2 aromatic heterocycles. The van der Waals surface area contributed by atoms with Gasteiger partial charge in [0, 0.05) is 19.3 Å². The molecule has 0 saturated heterocycles. The number of carbonyl (C=O) groups is 1. The third kappa shape index (κ3) is 3.69. The number of hydrogen-bond acceptors (Lipinski definition) is 4. The van der Waals surface area contributed by atoms with Gasteiger partial charge in [0.05, 0.1) is 0 Å². The lowest BCUT2D eigenvalue weighted by atomic mass is 9.90. The number of rotatable bonds is 6. The molecule has 114 valence electrons. The second-order valence-corrected chi connectivity index (χ2v) is 5.78. The van der Waals surface area contributed by atoms with Gasteiger partial charge in [-0.05, 0) is 24.0 Å². The third-order valence-corrected chi connectivity index (χ3v) is 3.33. The number of carbonyl (C=O) groups excluding carboxylic acids is 1. The summed E-state index contributed by atoms with van der Waals surface area (Å²) in [6.45, 7) is 4.32. The molecule has 0 fully saturated rings. The third-order valence-electron chi connectivity index (χ3n) is 3.33. The lowest BCUT2D eigenvalue weighted by Crippen LogP contribution is -2.38. The van der Waals surface area contributed by atoms with Crippen LogP contribution in [0.5, 0.6) is 0 Å². The molecule has 0 bridgehead atoms. The molecule has 0 atom stereocenters. The summed E-state index contributed by atoms with van der Waals surface area (Å²) in [6, 6.07) is 5.22. The predicted molar refractivity (Wildman–Crippen MR) is 77.9 cm³/mol. The number of amides is 1. The van der Waals surface area contributed by atoms with Crippen LogP contribution in [0.3, 0.4) is 0 Å². The van der Waals surface area contributed by atoms with E-state index in [9.17, 15) is 9.59 Å². The van der Waals surface area contributed by atoms with Crippen LogP contribution in [-0.4, -0.2) is 38.3 Å². The molecule has 0 radical (unpaired) electrons. The smallest absolute Gasteiger partial charge is 0.350 e. The van der Waals surface area contributed by atoms with Crippen molar-refractivity contribution in [3.8, 4) is 0 Å². The molecule has 2 N–H and O–H groups in total. The summed E-state index contributed by atoms with van der Waals surface area (Å²) < 4.78 is 2.53. The molecular weight excluding hydrogens is 272 g/mol. The maximum atomic E-state index is 12.0. The molecule has 1 amide bonds. The highest BCUT2D eigenvalue weighted by atomic mass is 16.3. The molecule has 0 unspecified atom stereocenters. The molecule has 2 heterocycles. The van der Waals surface area contributed by atoms with Crippen molar-refractivity contribution in [3.63, 3.8) is 0 Å². The van der Waals surface area contributed by atoms with Crippen molar-refractivity contribution >= 4 is 11.6 Å². The molecule has 0 aliphatic heterocycles. The number of aromatic nitrogens is 3. The second-order valence-electron chi connectivity index (χ2n) is 5.78. The van der Waals surface area contributed by atoms with Gasteiger partial charge in [0.1, 0.15) is 6.54 Å². The average molecular weight is 292 g/mol. The van der Waals surface area contributed by atoms with Gasteiger partial charge in [-0.3, -0.25) is 9.20 Å². The highest BCUT2D eigenvalue weighted by molar-refractivity contribution is 5.75. The number of hydrogen-bond donors (Lipinski definition) is 2. The Morgan fingerprint density at radius 1 is 1.43 bits per heavy atom. The lowest BCUT2D eigenvalue weighted by molar-refractivity contribution is -0.122. The topological polar surface area (TPSA) is 88.6 Å². The molecule has 21 heavy (non-hydrogen) atoms. The van der Waals surface area contributed by atoms with E-state index in [1.165, 1.54) is 4.40 Å². The standard InChI is InChI=1S/C14H20N4O3/c1-14(2,6-8-19)10-15-12(20)9-18-13(21)17-7-4-3-5-11(17)16-18/h3-5,7,19H,6,8-10H2,1-2H3,(H,15,20). The Hall–Kier alpha value is -2.15. The fraction of sp³-hybridized carbons (Fsp3) is 0.500. The van der Waals surface area contributed by atoms with Crippen molar-refractivity contribution in [1.82, 2.24) is 19.5 Å². The zero-order chi connectivity index (χ0) is 15.5. The Balaban J connectivity index is 2.02. The monoisotopic (exact) mass is 292 g/mol. The Morgan fingerprint density at radius 2 is 2.19 bits per heavy atom. The van der Waals surface area contributed by atoms with Gasteiger partial charge in [0.2, 0.25) is 5.91 Å². The lowest BCUT2D eigenvalue weighted by Gasteiger charge is -2.23. The van der Waals surface area contributed by atoms with E-state index in [0.717, 1.165) is 4.68 Å². The fourth-order valence-corrected chi connectivity index (χ4v) is 1.99. The predicted octanol–water partition coefficient (Wildman–Crippen LogP) is 0.0208. The number of nitrogens with zero attached hydrogens (tertiary/aromatic N) is 3. The van der Waals surface area contributed by atoms with E-state index in [-0.39, 0.29) is 30.2 Å². The van der Waals surface area contributed by atoms with Crippen LogP contribution < -0.4 is 11.0 Å². The van der Waals surface area contributed by atoms with E-state index in [4.69, 9.17) is 5.11 Å². The number of aliphatic hydroxyl groups excluding tert-OH is 1. The first-order chi connectivity index (χ1) is 9.93. The van der Waals surface area contributed by atoms with Gasteiger partial charge in [-0.2, -0.15) is 0 Å². The summed E-state index contributed by atoms with van der Waals surface area (Å²) >= 11 is 0. The van der Waals surface area contributed by atoms with Gasteiger partial charge < -0.3 is 10.4 Å². The van der Waals surface area contributed by atoms with E-state index >= 15 is 0 Å². The molecular formula is C14H20N4O3. The Kier molecular flexibility index (Phi) is 4.42. The van der Waals surface area contributed by atoms with Gasteiger partial charge in [-0.25, -0.2) is 9.48 Å². The van der Waals surface area contributed by atoms with Crippen LogP contribution in [0.25, 0.3) is 5.65 Å². The van der Waals surface area contributed by atoms with Crippen molar-refractivity contribution in [2.75, 3.05) is 13.2 Å². The van der Waals surface area contributed by atoms with E-state index in [2.05, 4.69) is 10.4 Å². The molecule has 0 aromatic carbocycles. The minimum atomic E-state index is -0.338. The Bertz CT molecular complexity index is 687. The second kappa shape index (κ2) is 6.09. The zero-order valence-electron chi connectivity index (χ0n) is 12.2. The quantitative estimate of drug-likeness (QED) is 0.785. The SMILES string of the molecule is CC(C)(CCO)CNC(=O)Cn1nc2ccccn2c1=O. The number of fused-ring (bicyclic) bond motifs is 1. The zero-order valence-corrected chi connectivity index (χ0v) is 12.2. The maximum Gasteiger partial charge on any atom is 0.350 e. The van der Waals surface area contributed by atoms with Gasteiger partial charge in [0.25, 0.3) is 0 Å². The van der Waals surface area contributed by atoms with Crippen molar-refractivity contribution in [3.05, 3.63) is 34.9 Å². The first kappa shape index (κ1) is 15.2. The highest BCUT2D eigenvalue weighted by Crippen LogP contribution is 2.17. The van der Waals surface area contributed by atoms with E-state index in [1.54, 1.807) is 24.4 Å². The summed E-state index contributed by atoms with van der Waals surface area (Å²) in [5.74, 6) is -0.272. The van der Waals surface area contributed by atoms with E-state index < -0.39 is 0 Å². The molecule has 0 aliphatic carbocycles. The van der Waals surface area contributed by atoms with Crippen molar-refractivity contribution in [2.24, 2.45) is 5.41 Å². The highest BCUT2D eigenvalue weighted by Gasteiger charge is 2.18. The van der Waals surface area contributed by atoms with Crippen LogP contribution in [0, 0.1) is 5.41 Å². The van der Waals surface area contributed by atoms with Crippen molar-refractivity contribution < 1.29 is 9.90 Å². The Labute approximate surface area is 122 Å². The number of aliphatic hydroxyl groups is 1. The van der Waals surface area contributed by atoms with Crippen LogP contribution in [-0.2, 0) is 11.3 Å². The van der Waals surface area contributed by atoms with Crippen LogP contribution in [0.2, 0.25) is 0 Å². The summed E-state index contributed by atoms with van der Waals surface area (Å²) in [6.07, 6.45) is 2.21. The fourth-order valence-electron chi connectivity index (χ4n) is 1.99. The first-order valence-corrected chi connectivity index (χ1v) is 6.85. The molecule has 0 aliphatic rings. The van der Waals surface area contributed by atoms with Crippen molar-refractivity contribution in [2.45, 2.75) is 26.8 Å². The van der Waals surface area contributed by atoms with Crippen LogP contribution >= 0.6 is 0 Å². The van der Waals surface area contributed by atoms with Gasteiger partial charge in [-0.1, -0.05) is 19.9 Å².